The highest BCUT2D eigenvalue weighted by molar-refractivity contribution is 9.10. The summed E-state index contributed by atoms with van der Waals surface area (Å²) in [7, 11) is 0. The number of piperazine rings is 1. The number of nitrogens with zero attached hydrogens (tertiary/aromatic N) is 2. The number of anilines is 1. The number of hydrogen-bond donors (Lipinski definition) is 1. The number of amides is 1. The molecule has 0 bridgehead atoms. The molecule has 2 aromatic rings. The second-order valence-electron chi connectivity index (χ2n) is 6.65. The largest absolute Gasteiger partial charge is 0.324 e. The molecule has 1 aliphatic heterocycles. The van der Waals surface area contributed by atoms with E-state index in [0.29, 0.717) is 17.3 Å². The zero-order valence-electron chi connectivity index (χ0n) is 14.8. The van der Waals surface area contributed by atoms with Crippen LogP contribution >= 0.6 is 27.5 Å². The van der Waals surface area contributed by atoms with Gasteiger partial charge in [0.25, 0.3) is 0 Å². The minimum Gasteiger partial charge on any atom is -0.324 e. The number of carbonyl (C=O) groups excluding carboxylic acids is 1. The fraction of sp³-hybridized carbons (Fsp3) is 0.350. The first-order chi connectivity index (χ1) is 12.5. The molecule has 3 rings (SSSR count). The highest BCUT2D eigenvalue weighted by Crippen LogP contribution is 2.25. The van der Waals surface area contributed by atoms with E-state index in [1.165, 1.54) is 11.1 Å². The monoisotopic (exact) mass is 435 g/mol. The lowest BCUT2D eigenvalue weighted by atomic mass is 10.1. The summed E-state index contributed by atoms with van der Waals surface area (Å²) in [6.07, 6.45) is 0. The van der Waals surface area contributed by atoms with Crippen LogP contribution in [0.4, 0.5) is 5.69 Å². The Kier molecular flexibility index (Phi) is 6.70. The molecule has 4 nitrogen and oxygen atoms in total. The molecule has 1 fully saturated rings. The third-order valence-corrected chi connectivity index (χ3v) is 5.50. The van der Waals surface area contributed by atoms with Crippen molar-refractivity contribution in [3.8, 4) is 0 Å². The molecule has 2 aromatic carbocycles. The lowest BCUT2D eigenvalue weighted by Gasteiger charge is -2.34. The van der Waals surface area contributed by atoms with E-state index in [0.717, 1.165) is 37.2 Å². The maximum atomic E-state index is 12.3. The van der Waals surface area contributed by atoms with Crippen LogP contribution in [0.3, 0.4) is 0 Å². The molecular formula is C20H23BrClN3O. The van der Waals surface area contributed by atoms with Gasteiger partial charge in [-0.1, -0.05) is 51.8 Å². The van der Waals surface area contributed by atoms with Gasteiger partial charge in [-0.2, -0.15) is 0 Å². The van der Waals surface area contributed by atoms with Gasteiger partial charge >= 0.3 is 0 Å². The summed E-state index contributed by atoms with van der Waals surface area (Å²) in [6.45, 7) is 7.26. The predicted octanol–water partition coefficient (Wildman–Crippen LogP) is 4.17. The van der Waals surface area contributed by atoms with Crippen LogP contribution in [-0.2, 0) is 11.3 Å². The smallest absolute Gasteiger partial charge is 0.238 e. The second kappa shape index (κ2) is 9.00. The van der Waals surface area contributed by atoms with Crippen molar-refractivity contribution >= 4 is 39.1 Å². The normalized spacial score (nSPS) is 15.8. The zero-order chi connectivity index (χ0) is 18.5. The first kappa shape index (κ1) is 19.4. The van der Waals surface area contributed by atoms with Crippen molar-refractivity contribution in [1.82, 2.24) is 9.80 Å². The van der Waals surface area contributed by atoms with E-state index < -0.39 is 0 Å². The highest BCUT2D eigenvalue weighted by atomic mass is 79.9. The van der Waals surface area contributed by atoms with E-state index in [2.05, 4.69) is 62.2 Å². The summed E-state index contributed by atoms with van der Waals surface area (Å²) in [5.41, 5.74) is 3.36. The Bertz CT molecular complexity index is 775. The Morgan fingerprint density at radius 1 is 1.12 bits per heavy atom. The molecule has 1 aliphatic rings. The molecule has 0 spiro atoms. The van der Waals surface area contributed by atoms with Gasteiger partial charge in [0.1, 0.15) is 0 Å². The number of rotatable bonds is 5. The fourth-order valence-corrected chi connectivity index (χ4v) is 3.84. The third-order valence-electron chi connectivity index (χ3n) is 4.69. The average molecular weight is 437 g/mol. The lowest BCUT2D eigenvalue weighted by Crippen LogP contribution is -2.48. The van der Waals surface area contributed by atoms with Crippen LogP contribution in [0.15, 0.2) is 46.9 Å². The standard InChI is InChI=1S/C20H23BrClN3O/c1-15-4-2-3-5-16(15)13-24-8-10-25(11-9-24)14-20(26)23-19-7-6-17(21)12-18(19)22/h2-7,12H,8-11,13-14H2,1H3,(H,23,26). The molecule has 0 aromatic heterocycles. The van der Waals surface area contributed by atoms with Gasteiger partial charge in [-0.25, -0.2) is 0 Å². The first-order valence-corrected chi connectivity index (χ1v) is 9.92. The summed E-state index contributed by atoms with van der Waals surface area (Å²) in [6, 6.07) is 14.0. The van der Waals surface area contributed by atoms with Gasteiger partial charge in [-0.3, -0.25) is 14.6 Å². The van der Waals surface area contributed by atoms with E-state index in [4.69, 9.17) is 11.6 Å². The van der Waals surface area contributed by atoms with Crippen LogP contribution in [0, 0.1) is 6.92 Å². The molecular weight excluding hydrogens is 414 g/mol. The molecule has 1 saturated heterocycles. The summed E-state index contributed by atoms with van der Waals surface area (Å²) in [5, 5.41) is 3.43. The zero-order valence-corrected chi connectivity index (χ0v) is 17.2. The Hall–Kier alpha value is -1.40. The first-order valence-electron chi connectivity index (χ1n) is 8.75. The van der Waals surface area contributed by atoms with Crippen molar-refractivity contribution in [2.75, 3.05) is 38.0 Å². The van der Waals surface area contributed by atoms with Crippen molar-refractivity contribution in [2.45, 2.75) is 13.5 Å². The van der Waals surface area contributed by atoms with Crippen molar-refractivity contribution in [2.24, 2.45) is 0 Å². The maximum Gasteiger partial charge on any atom is 0.238 e. The summed E-state index contributed by atoms with van der Waals surface area (Å²) < 4.78 is 0.894. The maximum absolute atomic E-state index is 12.3. The van der Waals surface area contributed by atoms with Crippen LogP contribution in [0.1, 0.15) is 11.1 Å². The number of benzene rings is 2. The minimum absolute atomic E-state index is 0.0263. The van der Waals surface area contributed by atoms with Crippen molar-refractivity contribution in [1.29, 1.82) is 0 Å². The number of halogens is 2. The average Bonchev–Trinajstić information content (AvgIpc) is 2.61. The molecule has 26 heavy (non-hydrogen) atoms. The van der Waals surface area contributed by atoms with Gasteiger partial charge in [0.2, 0.25) is 5.91 Å². The van der Waals surface area contributed by atoms with Gasteiger partial charge in [-0.15, -0.1) is 0 Å². The van der Waals surface area contributed by atoms with E-state index in [1.54, 1.807) is 6.07 Å². The van der Waals surface area contributed by atoms with E-state index in [9.17, 15) is 4.79 Å². The molecule has 0 aliphatic carbocycles. The number of hydrogen-bond acceptors (Lipinski definition) is 3. The van der Waals surface area contributed by atoms with Crippen LogP contribution in [-0.4, -0.2) is 48.4 Å². The summed E-state index contributed by atoms with van der Waals surface area (Å²) in [5.74, 6) is -0.0263. The Morgan fingerprint density at radius 3 is 2.50 bits per heavy atom. The van der Waals surface area contributed by atoms with Crippen molar-refractivity contribution in [3.63, 3.8) is 0 Å². The van der Waals surface area contributed by atoms with Gasteiger partial charge in [-0.05, 0) is 36.2 Å². The SMILES string of the molecule is Cc1ccccc1CN1CCN(CC(=O)Nc2ccc(Br)cc2Cl)CC1. The molecule has 0 radical (unpaired) electrons. The van der Waals surface area contributed by atoms with Gasteiger partial charge in [0.15, 0.2) is 0 Å². The van der Waals surface area contributed by atoms with E-state index >= 15 is 0 Å². The van der Waals surface area contributed by atoms with Gasteiger partial charge in [0, 0.05) is 37.2 Å². The minimum atomic E-state index is -0.0263. The Morgan fingerprint density at radius 2 is 1.81 bits per heavy atom. The third kappa shape index (κ3) is 5.30. The van der Waals surface area contributed by atoms with Crippen LogP contribution in [0.2, 0.25) is 5.02 Å². The number of aryl methyl sites for hydroxylation is 1. The van der Waals surface area contributed by atoms with Crippen molar-refractivity contribution in [3.05, 3.63) is 63.1 Å². The second-order valence-corrected chi connectivity index (χ2v) is 7.97. The quantitative estimate of drug-likeness (QED) is 0.764. The Balaban J connectivity index is 1.46. The summed E-state index contributed by atoms with van der Waals surface area (Å²) in [4.78, 5) is 16.9. The molecule has 138 valence electrons. The molecule has 1 amide bonds. The molecule has 6 heteroatoms. The van der Waals surface area contributed by atoms with Crippen LogP contribution in [0.5, 0.6) is 0 Å². The highest BCUT2D eigenvalue weighted by Gasteiger charge is 2.19. The molecule has 1 heterocycles. The molecule has 0 unspecified atom stereocenters. The van der Waals surface area contributed by atoms with Crippen molar-refractivity contribution < 1.29 is 4.79 Å². The topological polar surface area (TPSA) is 35.6 Å². The fourth-order valence-electron chi connectivity index (χ4n) is 3.12. The number of nitrogens with one attached hydrogen (secondary N) is 1. The molecule has 0 atom stereocenters. The predicted molar refractivity (Wildman–Crippen MR) is 111 cm³/mol. The summed E-state index contributed by atoms with van der Waals surface area (Å²) >= 11 is 9.53. The van der Waals surface area contributed by atoms with E-state index in [1.807, 2.05) is 12.1 Å². The van der Waals surface area contributed by atoms with Gasteiger partial charge in [0.05, 0.1) is 17.3 Å². The molecule has 0 saturated carbocycles. The van der Waals surface area contributed by atoms with E-state index in [-0.39, 0.29) is 5.91 Å². The van der Waals surface area contributed by atoms with Crippen LogP contribution in [0.25, 0.3) is 0 Å². The molecule has 1 N–H and O–H groups in total. The van der Waals surface area contributed by atoms with Gasteiger partial charge < -0.3 is 5.32 Å². The lowest BCUT2D eigenvalue weighted by molar-refractivity contribution is -0.117. The Labute approximate surface area is 168 Å². The van der Waals surface area contributed by atoms with Crippen LogP contribution < -0.4 is 5.32 Å². The number of carbonyl (C=O) groups is 1.